The van der Waals surface area contributed by atoms with Gasteiger partial charge in [0.1, 0.15) is 11.2 Å². The third-order valence-electron chi connectivity index (χ3n) is 5.18. The molecule has 4 N–H and O–H groups in total. The number of rotatable bonds is 9. The summed E-state index contributed by atoms with van der Waals surface area (Å²) >= 11 is 6.25. The average Bonchev–Trinajstić information content (AvgIpc) is 2.67. The van der Waals surface area contributed by atoms with Crippen LogP contribution in [0, 0.1) is 11.3 Å². The molecule has 0 saturated carbocycles. The van der Waals surface area contributed by atoms with Crippen molar-refractivity contribution in [2.75, 3.05) is 27.4 Å². The number of esters is 1. The van der Waals surface area contributed by atoms with Crippen LogP contribution in [0.25, 0.3) is 0 Å². The van der Waals surface area contributed by atoms with Gasteiger partial charge in [-0.15, -0.1) is 0 Å². The predicted molar refractivity (Wildman–Crippen MR) is 106 cm³/mol. The number of ether oxygens (including phenoxy) is 2. The molecule has 1 aliphatic carbocycles. The normalized spacial score (nSPS) is 19.7. The van der Waals surface area contributed by atoms with Gasteiger partial charge in [-0.05, 0) is 37.0 Å². The Bertz CT molecular complexity index is 754. The van der Waals surface area contributed by atoms with E-state index in [2.05, 4.69) is 5.32 Å². The zero-order chi connectivity index (χ0) is 20.9. The second kappa shape index (κ2) is 9.41. The zero-order valence-electron chi connectivity index (χ0n) is 16.3. The van der Waals surface area contributed by atoms with Gasteiger partial charge in [-0.3, -0.25) is 9.59 Å². The van der Waals surface area contributed by atoms with Crippen LogP contribution in [0.4, 0.5) is 0 Å². The summed E-state index contributed by atoms with van der Waals surface area (Å²) in [6.07, 6.45) is 4.85. The quantitative estimate of drug-likeness (QED) is 0.421. The molecule has 0 spiro atoms. The summed E-state index contributed by atoms with van der Waals surface area (Å²) in [7, 11) is 2.77. The number of carbonyl (C=O) groups is 2. The number of benzene rings is 1. The first kappa shape index (κ1) is 22.2. The fourth-order valence-corrected chi connectivity index (χ4v) is 3.44. The number of allylic oxidation sites excluding steroid dienone is 2. The number of nitrogens with one attached hydrogen (secondary N) is 1. The number of aliphatic hydroxyl groups excluding tert-OH is 1. The molecule has 0 radical (unpaired) electrons. The van der Waals surface area contributed by atoms with Crippen LogP contribution in [-0.2, 0) is 14.3 Å². The van der Waals surface area contributed by atoms with Gasteiger partial charge >= 0.3 is 5.97 Å². The first-order chi connectivity index (χ1) is 13.3. The maximum absolute atomic E-state index is 12.7. The fraction of sp³-hybridized carbons (Fsp3) is 0.500. The van der Waals surface area contributed by atoms with Crippen LogP contribution in [0.2, 0.25) is 5.02 Å². The van der Waals surface area contributed by atoms with Gasteiger partial charge in [0, 0.05) is 12.5 Å². The van der Waals surface area contributed by atoms with E-state index in [0.29, 0.717) is 10.8 Å². The van der Waals surface area contributed by atoms with Crippen LogP contribution in [0.1, 0.15) is 24.8 Å². The smallest absolute Gasteiger partial charge is 0.315 e. The minimum Gasteiger partial charge on any atom is -0.495 e. The lowest BCUT2D eigenvalue weighted by molar-refractivity contribution is -0.154. The summed E-state index contributed by atoms with van der Waals surface area (Å²) < 4.78 is 9.88. The highest BCUT2D eigenvalue weighted by Gasteiger charge is 2.37. The molecule has 8 heteroatoms. The molecule has 7 nitrogen and oxygen atoms in total. The number of nitrogens with two attached hydrogens (primary N) is 1. The first-order valence-electron chi connectivity index (χ1n) is 9.00. The Balaban J connectivity index is 2.18. The lowest BCUT2D eigenvalue weighted by atomic mass is 9.74. The van der Waals surface area contributed by atoms with E-state index in [9.17, 15) is 14.7 Å². The van der Waals surface area contributed by atoms with Crippen molar-refractivity contribution in [1.29, 1.82) is 0 Å². The topological polar surface area (TPSA) is 111 Å². The molecule has 2 rings (SSSR count). The molecule has 28 heavy (non-hydrogen) atoms. The van der Waals surface area contributed by atoms with E-state index in [-0.39, 0.29) is 18.4 Å². The summed E-state index contributed by atoms with van der Waals surface area (Å²) in [6.45, 7) is 0.970. The molecule has 0 bridgehead atoms. The van der Waals surface area contributed by atoms with E-state index in [4.69, 9.17) is 26.8 Å². The molecule has 0 heterocycles. The van der Waals surface area contributed by atoms with E-state index < -0.39 is 29.9 Å². The Morgan fingerprint density at radius 2 is 2.11 bits per heavy atom. The molecule has 1 aromatic rings. The van der Waals surface area contributed by atoms with E-state index >= 15 is 0 Å². The van der Waals surface area contributed by atoms with Crippen molar-refractivity contribution < 1.29 is 24.2 Å². The standard InChI is InChI=1S/C20H27ClN2O5/c1-20(11-24,19(26)28-3)10-23-18(25)17(22)16(12-5-4-6-12)13-7-8-15(27-2)14(21)9-13/h4-5,7-9,12,16-17,24H,6,10-11,22H2,1-3H3,(H,23,25)/t12?,16?,17-,20?/m1/s1. The van der Waals surface area contributed by atoms with Crippen LogP contribution in [0.5, 0.6) is 5.75 Å². The molecular weight excluding hydrogens is 384 g/mol. The number of amides is 1. The number of aliphatic hydroxyl groups is 1. The van der Waals surface area contributed by atoms with Crippen molar-refractivity contribution in [3.8, 4) is 5.75 Å². The van der Waals surface area contributed by atoms with Gasteiger partial charge < -0.3 is 25.6 Å². The average molecular weight is 411 g/mol. The van der Waals surface area contributed by atoms with Crippen molar-refractivity contribution in [2.45, 2.75) is 25.3 Å². The largest absolute Gasteiger partial charge is 0.495 e. The van der Waals surface area contributed by atoms with Gasteiger partial charge in [-0.1, -0.05) is 29.8 Å². The minimum atomic E-state index is -1.24. The third-order valence-corrected chi connectivity index (χ3v) is 5.48. The molecule has 4 atom stereocenters. The van der Waals surface area contributed by atoms with Crippen LogP contribution in [-0.4, -0.2) is 50.4 Å². The van der Waals surface area contributed by atoms with Crippen LogP contribution >= 0.6 is 11.6 Å². The summed E-state index contributed by atoms with van der Waals surface area (Å²) in [4.78, 5) is 24.6. The van der Waals surface area contributed by atoms with E-state index in [1.165, 1.54) is 21.1 Å². The lowest BCUT2D eigenvalue weighted by Gasteiger charge is -2.33. The molecular formula is C20H27ClN2O5. The van der Waals surface area contributed by atoms with E-state index in [0.717, 1.165) is 12.0 Å². The second-order valence-electron chi connectivity index (χ2n) is 7.20. The Morgan fingerprint density at radius 1 is 1.43 bits per heavy atom. The highest BCUT2D eigenvalue weighted by Crippen LogP contribution is 2.38. The van der Waals surface area contributed by atoms with Crippen LogP contribution in [0.3, 0.4) is 0 Å². The van der Waals surface area contributed by atoms with Crippen molar-refractivity contribution in [3.05, 3.63) is 40.9 Å². The molecule has 0 aliphatic heterocycles. The lowest BCUT2D eigenvalue weighted by Crippen LogP contribution is -2.51. The van der Waals surface area contributed by atoms with Crippen molar-refractivity contribution >= 4 is 23.5 Å². The molecule has 1 aromatic carbocycles. The summed E-state index contributed by atoms with van der Waals surface area (Å²) in [5.41, 5.74) is 5.90. The minimum absolute atomic E-state index is 0.0840. The molecule has 154 valence electrons. The molecule has 0 aromatic heterocycles. The van der Waals surface area contributed by atoms with Crippen molar-refractivity contribution in [3.63, 3.8) is 0 Å². The number of methoxy groups -OCH3 is 2. The third kappa shape index (κ3) is 4.66. The molecule has 0 fully saturated rings. The number of hydrogen-bond acceptors (Lipinski definition) is 6. The van der Waals surface area contributed by atoms with E-state index in [1.54, 1.807) is 12.1 Å². The molecule has 3 unspecified atom stereocenters. The van der Waals surface area contributed by atoms with Gasteiger partial charge in [-0.2, -0.15) is 0 Å². The van der Waals surface area contributed by atoms with Gasteiger partial charge in [0.15, 0.2) is 0 Å². The molecule has 1 aliphatic rings. The first-order valence-corrected chi connectivity index (χ1v) is 9.38. The highest BCUT2D eigenvalue weighted by atomic mass is 35.5. The number of carbonyl (C=O) groups excluding carboxylic acids is 2. The Hall–Kier alpha value is -2.09. The van der Waals surface area contributed by atoms with Crippen molar-refractivity contribution in [1.82, 2.24) is 5.32 Å². The Labute approximate surface area is 169 Å². The SMILES string of the molecule is COC(=O)C(C)(CO)CNC(=O)[C@H](N)C(c1ccc(OC)c(Cl)c1)C1C=CC1. The van der Waals surface area contributed by atoms with E-state index in [1.807, 2.05) is 18.2 Å². The van der Waals surface area contributed by atoms with Gasteiger partial charge in [0.2, 0.25) is 5.91 Å². The number of halogens is 1. The van der Waals surface area contributed by atoms with Crippen LogP contribution < -0.4 is 15.8 Å². The molecule has 0 saturated heterocycles. The monoisotopic (exact) mass is 410 g/mol. The van der Waals surface area contributed by atoms with Crippen molar-refractivity contribution in [2.24, 2.45) is 17.1 Å². The summed E-state index contributed by atoms with van der Waals surface area (Å²) in [5, 5.41) is 12.6. The number of hydrogen-bond donors (Lipinski definition) is 3. The maximum atomic E-state index is 12.7. The Morgan fingerprint density at radius 3 is 2.57 bits per heavy atom. The van der Waals surface area contributed by atoms with Gasteiger partial charge in [0.05, 0.1) is 31.9 Å². The molecule has 1 amide bonds. The maximum Gasteiger partial charge on any atom is 0.315 e. The van der Waals surface area contributed by atoms with Gasteiger partial charge in [-0.25, -0.2) is 0 Å². The van der Waals surface area contributed by atoms with Crippen LogP contribution in [0.15, 0.2) is 30.4 Å². The van der Waals surface area contributed by atoms with Gasteiger partial charge in [0.25, 0.3) is 0 Å². The Kier molecular flexibility index (Phi) is 7.46. The predicted octanol–water partition coefficient (Wildman–Crippen LogP) is 1.62. The summed E-state index contributed by atoms with van der Waals surface area (Å²) in [5.74, 6) is -0.657. The second-order valence-corrected chi connectivity index (χ2v) is 7.61. The highest BCUT2D eigenvalue weighted by molar-refractivity contribution is 6.32. The zero-order valence-corrected chi connectivity index (χ0v) is 17.0. The fourth-order valence-electron chi connectivity index (χ4n) is 3.17. The summed E-state index contributed by atoms with van der Waals surface area (Å²) in [6, 6.07) is 4.50.